The van der Waals surface area contributed by atoms with Crippen LogP contribution < -0.4 is 5.19 Å². The van der Waals surface area contributed by atoms with Gasteiger partial charge in [-0.1, -0.05) is 81.9 Å². The van der Waals surface area contributed by atoms with E-state index < -0.39 is 16.6 Å². The summed E-state index contributed by atoms with van der Waals surface area (Å²) in [6.07, 6.45) is 0. The van der Waals surface area contributed by atoms with Crippen LogP contribution in [0.15, 0.2) is 61.2 Å². The van der Waals surface area contributed by atoms with Crippen molar-refractivity contribution in [1.82, 2.24) is 0 Å². The number of rotatable bonds is 5. The summed E-state index contributed by atoms with van der Waals surface area (Å²) in [5, 5.41) is 1.58. The molecule has 1 nitrogen and oxygen atoms in total. The lowest BCUT2D eigenvalue weighted by atomic mass is 10.00. The van der Waals surface area contributed by atoms with Gasteiger partial charge in [0, 0.05) is 0 Å². The van der Waals surface area contributed by atoms with Crippen molar-refractivity contribution in [3.05, 3.63) is 72.3 Å². The first-order valence-electron chi connectivity index (χ1n) is 8.99. The maximum atomic E-state index is 6.82. The molecule has 0 unspecified atom stereocenters. The van der Waals surface area contributed by atoms with Gasteiger partial charge in [-0.05, 0) is 53.1 Å². The van der Waals surface area contributed by atoms with Crippen LogP contribution in [0.3, 0.4) is 0 Å². The smallest absolute Gasteiger partial charge is 0.205 e. The minimum atomic E-state index is -1.93. The maximum absolute atomic E-state index is 6.82. The van der Waals surface area contributed by atoms with E-state index in [0.29, 0.717) is 0 Å². The van der Waals surface area contributed by atoms with E-state index in [9.17, 15) is 0 Å². The SMILES string of the molecule is C=C(c1ccccc1)c1ccc([Si](C)(C)O[Si](C)(C)C(C)(C)C)cc1. The lowest BCUT2D eigenvalue weighted by Gasteiger charge is -2.42. The zero-order chi connectivity index (χ0) is 18.9. The second-order valence-electron chi connectivity index (χ2n) is 8.79. The topological polar surface area (TPSA) is 9.23 Å². The second-order valence-corrected chi connectivity index (χ2v) is 17.7. The van der Waals surface area contributed by atoms with Gasteiger partial charge in [0.1, 0.15) is 0 Å². The fourth-order valence-corrected chi connectivity index (χ4v) is 10.5. The van der Waals surface area contributed by atoms with Crippen molar-refractivity contribution in [3.8, 4) is 0 Å². The van der Waals surface area contributed by atoms with Crippen molar-refractivity contribution in [2.75, 3.05) is 0 Å². The highest BCUT2D eigenvalue weighted by Crippen LogP contribution is 2.38. The molecule has 2 rings (SSSR count). The summed E-state index contributed by atoms with van der Waals surface area (Å²) in [5.74, 6) is 0. The number of benzene rings is 2. The Balaban J connectivity index is 2.23. The van der Waals surface area contributed by atoms with E-state index in [0.717, 1.165) is 5.57 Å². The molecule has 25 heavy (non-hydrogen) atoms. The van der Waals surface area contributed by atoms with Gasteiger partial charge in [-0.2, -0.15) is 0 Å². The van der Waals surface area contributed by atoms with Crippen molar-refractivity contribution in [2.24, 2.45) is 0 Å². The van der Waals surface area contributed by atoms with Crippen molar-refractivity contribution in [3.63, 3.8) is 0 Å². The Kier molecular flexibility index (Phi) is 5.62. The highest BCUT2D eigenvalue weighted by atomic mass is 28.4. The first-order valence-corrected chi connectivity index (χ1v) is 14.8. The van der Waals surface area contributed by atoms with Gasteiger partial charge in [-0.15, -0.1) is 0 Å². The third-order valence-electron chi connectivity index (χ3n) is 5.37. The molecule has 0 spiro atoms. The first-order chi connectivity index (χ1) is 11.4. The van der Waals surface area contributed by atoms with Crippen LogP contribution in [0.4, 0.5) is 0 Å². The average Bonchev–Trinajstić information content (AvgIpc) is 2.53. The van der Waals surface area contributed by atoms with Crippen molar-refractivity contribution in [2.45, 2.75) is 52.0 Å². The van der Waals surface area contributed by atoms with E-state index in [2.05, 4.69) is 102 Å². The molecule has 2 aromatic rings. The Hall–Kier alpha value is -1.43. The van der Waals surface area contributed by atoms with Gasteiger partial charge in [-0.25, -0.2) is 0 Å². The van der Waals surface area contributed by atoms with E-state index in [4.69, 9.17) is 4.12 Å². The molecule has 0 fully saturated rings. The Bertz CT molecular complexity index is 723. The third-order valence-corrected chi connectivity index (χ3v) is 14.8. The zero-order valence-corrected chi connectivity index (χ0v) is 18.8. The predicted octanol–water partition coefficient (Wildman–Crippen LogP) is 6.18. The van der Waals surface area contributed by atoms with Crippen LogP contribution in [-0.4, -0.2) is 16.6 Å². The van der Waals surface area contributed by atoms with Crippen molar-refractivity contribution >= 4 is 27.4 Å². The van der Waals surface area contributed by atoms with Gasteiger partial charge in [0.2, 0.25) is 8.32 Å². The quantitative estimate of drug-likeness (QED) is 0.572. The first kappa shape index (κ1) is 19.9. The summed E-state index contributed by atoms with van der Waals surface area (Å²) < 4.78 is 6.82. The van der Waals surface area contributed by atoms with Crippen LogP contribution in [0.25, 0.3) is 5.57 Å². The summed E-state index contributed by atoms with van der Waals surface area (Å²) in [5.41, 5.74) is 3.41. The lowest BCUT2D eigenvalue weighted by molar-refractivity contribution is 0.496. The minimum Gasteiger partial charge on any atom is -0.452 e. The standard InChI is InChI=1S/C22H32OSi2/c1-18(19-12-10-9-11-13-19)20-14-16-21(17-15-20)24(5,6)23-25(7,8)22(2,3)4/h9-17H,1H2,2-8H3. The van der Waals surface area contributed by atoms with Gasteiger partial charge >= 0.3 is 0 Å². The van der Waals surface area contributed by atoms with Gasteiger partial charge in [-0.3, -0.25) is 0 Å². The van der Waals surface area contributed by atoms with E-state index in [1.165, 1.54) is 16.3 Å². The highest BCUT2D eigenvalue weighted by molar-refractivity contribution is 6.93. The molecule has 0 bridgehead atoms. The van der Waals surface area contributed by atoms with Crippen LogP contribution >= 0.6 is 0 Å². The summed E-state index contributed by atoms with van der Waals surface area (Å²) in [6, 6.07) is 19.2. The fraction of sp³-hybridized carbons (Fsp3) is 0.364. The Labute approximate surface area is 156 Å². The van der Waals surface area contributed by atoms with Gasteiger partial charge in [0.25, 0.3) is 0 Å². The molecular weight excluding hydrogens is 336 g/mol. The van der Waals surface area contributed by atoms with Gasteiger partial charge in [0.15, 0.2) is 8.32 Å². The summed E-state index contributed by atoms with van der Waals surface area (Å²) >= 11 is 0. The summed E-state index contributed by atoms with van der Waals surface area (Å²) in [7, 11) is -3.70. The molecule has 0 heterocycles. The van der Waals surface area contributed by atoms with E-state index in [1.807, 2.05) is 6.07 Å². The van der Waals surface area contributed by atoms with Crippen LogP contribution in [0.1, 0.15) is 31.9 Å². The maximum Gasteiger partial charge on any atom is 0.205 e. The Morgan fingerprint density at radius 3 is 1.76 bits per heavy atom. The molecule has 0 aliphatic heterocycles. The molecule has 0 aliphatic carbocycles. The molecule has 0 N–H and O–H groups in total. The number of hydrogen-bond donors (Lipinski definition) is 0. The van der Waals surface area contributed by atoms with Crippen molar-refractivity contribution in [1.29, 1.82) is 0 Å². The monoisotopic (exact) mass is 368 g/mol. The molecule has 0 aromatic heterocycles. The molecular formula is C22H32OSi2. The van der Waals surface area contributed by atoms with E-state index in [-0.39, 0.29) is 5.04 Å². The van der Waals surface area contributed by atoms with Crippen LogP contribution in [0, 0.1) is 0 Å². The molecule has 0 amide bonds. The normalized spacial score (nSPS) is 12.9. The van der Waals surface area contributed by atoms with Crippen LogP contribution in [0.5, 0.6) is 0 Å². The molecule has 0 atom stereocenters. The van der Waals surface area contributed by atoms with Crippen molar-refractivity contribution < 1.29 is 4.12 Å². The Morgan fingerprint density at radius 2 is 1.28 bits per heavy atom. The molecule has 0 saturated heterocycles. The molecule has 2 aromatic carbocycles. The Morgan fingerprint density at radius 1 is 0.800 bits per heavy atom. The van der Waals surface area contributed by atoms with Gasteiger partial charge < -0.3 is 4.12 Å². The lowest BCUT2D eigenvalue weighted by Crippen LogP contribution is -2.55. The van der Waals surface area contributed by atoms with Crippen LogP contribution in [0.2, 0.25) is 31.2 Å². The predicted molar refractivity (Wildman–Crippen MR) is 116 cm³/mol. The molecule has 0 radical (unpaired) electrons. The highest BCUT2D eigenvalue weighted by Gasteiger charge is 2.42. The number of hydrogen-bond acceptors (Lipinski definition) is 1. The fourth-order valence-electron chi connectivity index (χ4n) is 2.73. The average molecular weight is 369 g/mol. The van der Waals surface area contributed by atoms with Crippen LogP contribution in [-0.2, 0) is 4.12 Å². The molecule has 3 heteroatoms. The molecule has 0 saturated carbocycles. The zero-order valence-electron chi connectivity index (χ0n) is 16.8. The third kappa shape index (κ3) is 4.60. The minimum absolute atomic E-state index is 0.235. The summed E-state index contributed by atoms with van der Waals surface area (Å²) in [4.78, 5) is 0. The summed E-state index contributed by atoms with van der Waals surface area (Å²) in [6.45, 7) is 20.5. The van der Waals surface area contributed by atoms with Gasteiger partial charge in [0.05, 0.1) is 0 Å². The molecule has 134 valence electrons. The second kappa shape index (κ2) is 7.06. The van der Waals surface area contributed by atoms with E-state index in [1.54, 1.807) is 0 Å². The largest absolute Gasteiger partial charge is 0.452 e. The molecule has 0 aliphatic rings. The van der Waals surface area contributed by atoms with E-state index >= 15 is 0 Å².